The zero-order chi connectivity index (χ0) is 20.4. The fourth-order valence-corrected chi connectivity index (χ4v) is 2.76. The van der Waals surface area contributed by atoms with Gasteiger partial charge in [0.05, 0.1) is 12.4 Å². The number of methoxy groups -OCH3 is 1. The first-order chi connectivity index (χ1) is 13.5. The second kappa shape index (κ2) is 11.0. The minimum atomic E-state index is -1.01. The molecular formula is C20H22N2O5S. The number of hydrogen-bond acceptors (Lipinski definition) is 6. The summed E-state index contributed by atoms with van der Waals surface area (Å²) in [6.45, 7) is -0.262. The Morgan fingerprint density at radius 2 is 1.61 bits per heavy atom. The van der Waals surface area contributed by atoms with Crippen LogP contribution in [0.2, 0.25) is 0 Å². The molecule has 28 heavy (non-hydrogen) atoms. The zero-order valence-electron chi connectivity index (χ0n) is 15.3. The molecule has 0 bridgehead atoms. The van der Waals surface area contributed by atoms with Gasteiger partial charge in [-0.1, -0.05) is 60.7 Å². The summed E-state index contributed by atoms with van der Waals surface area (Å²) in [5.74, 6) is -1.20. The second-order valence-corrected chi connectivity index (χ2v) is 6.40. The van der Waals surface area contributed by atoms with Gasteiger partial charge in [0.2, 0.25) is 5.91 Å². The van der Waals surface area contributed by atoms with E-state index in [9.17, 15) is 14.4 Å². The van der Waals surface area contributed by atoms with E-state index in [1.807, 2.05) is 36.4 Å². The van der Waals surface area contributed by atoms with Crippen molar-refractivity contribution in [2.45, 2.75) is 17.9 Å². The summed E-state index contributed by atoms with van der Waals surface area (Å²) < 4.78 is 9.79. The van der Waals surface area contributed by atoms with E-state index in [2.05, 4.69) is 23.3 Å². The molecule has 0 saturated carbocycles. The van der Waals surface area contributed by atoms with Crippen LogP contribution in [0.25, 0.3) is 0 Å². The van der Waals surface area contributed by atoms with Crippen molar-refractivity contribution in [3.8, 4) is 0 Å². The average Bonchev–Trinajstić information content (AvgIpc) is 2.75. The number of rotatable bonds is 8. The Balaban J connectivity index is 1.85. The predicted molar refractivity (Wildman–Crippen MR) is 107 cm³/mol. The second-order valence-electron chi connectivity index (χ2n) is 5.84. The quantitative estimate of drug-likeness (QED) is 0.465. The maximum absolute atomic E-state index is 12.2. The minimum Gasteiger partial charge on any atom is -0.467 e. The predicted octanol–water partition coefficient (Wildman–Crippen LogP) is 2.24. The van der Waals surface area contributed by atoms with E-state index in [1.165, 1.54) is 7.11 Å². The molecule has 0 aromatic heterocycles. The summed E-state index contributed by atoms with van der Waals surface area (Å²) in [5, 5.41) is 4.27. The Morgan fingerprint density at radius 1 is 1.00 bits per heavy atom. The van der Waals surface area contributed by atoms with Crippen molar-refractivity contribution in [1.82, 2.24) is 10.6 Å². The van der Waals surface area contributed by atoms with Crippen LogP contribution in [-0.4, -0.2) is 37.7 Å². The Labute approximate surface area is 168 Å². The molecule has 0 aliphatic carbocycles. The molecule has 0 heterocycles. The summed E-state index contributed by atoms with van der Waals surface area (Å²) in [6.07, 6.45) is -0.737. The highest BCUT2D eigenvalue weighted by Crippen LogP contribution is 2.24. The van der Waals surface area contributed by atoms with Gasteiger partial charge in [0.1, 0.15) is 19.2 Å². The van der Waals surface area contributed by atoms with Crippen molar-refractivity contribution >= 4 is 30.6 Å². The first-order valence-corrected chi connectivity index (χ1v) is 9.07. The molecule has 2 aromatic rings. The topological polar surface area (TPSA) is 93.7 Å². The number of nitrogens with one attached hydrogen (secondary N) is 2. The third-order valence-corrected chi connectivity index (χ3v) is 4.43. The van der Waals surface area contributed by atoms with E-state index in [1.54, 1.807) is 24.3 Å². The van der Waals surface area contributed by atoms with Crippen molar-refractivity contribution in [1.29, 1.82) is 0 Å². The number of carbonyl (C=O) groups is 3. The summed E-state index contributed by atoms with van der Waals surface area (Å²) in [6, 6.07) is 17.2. The van der Waals surface area contributed by atoms with Gasteiger partial charge in [0.25, 0.3) is 0 Å². The fraction of sp³-hybridized carbons (Fsp3) is 0.250. The Bertz CT molecular complexity index is 786. The van der Waals surface area contributed by atoms with E-state index in [-0.39, 0.29) is 13.2 Å². The summed E-state index contributed by atoms with van der Waals surface area (Å²) in [7, 11) is 1.23. The lowest BCUT2D eigenvalue weighted by Crippen LogP contribution is -2.48. The van der Waals surface area contributed by atoms with Crippen LogP contribution >= 0.6 is 12.6 Å². The minimum absolute atomic E-state index is 0.0891. The summed E-state index contributed by atoms with van der Waals surface area (Å²) >= 11 is 4.44. The van der Waals surface area contributed by atoms with Gasteiger partial charge in [-0.2, -0.15) is 12.6 Å². The monoisotopic (exact) mass is 402 g/mol. The molecule has 2 atom stereocenters. The highest BCUT2D eigenvalue weighted by molar-refractivity contribution is 7.80. The van der Waals surface area contributed by atoms with Crippen molar-refractivity contribution in [2.75, 3.05) is 13.7 Å². The van der Waals surface area contributed by atoms with Crippen LogP contribution in [0.4, 0.5) is 4.79 Å². The van der Waals surface area contributed by atoms with E-state index in [0.717, 1.165) is 11.1 Å². The molecule has 2 N–H and O–H groups in total. The summed E-state index contributed by atoms with van der Waals surface area (Å²) in [5.41, 5.74) is 1.57. The number of benzene rings is 2. The molecule has 0 unspecified atom stereocenters. The lowest BCUT2D eigenvalue weighted by atomic mass is 10.1. The molecule has 0 aliphatic heterocycles. The molecule has 148 valence electrons. The first kappa shape index (κ1) is 21.3. The maximum Gasteiger partial charge on any atom is 0.407 e. The number of esters is 1. The molecule has 2 amide bonds. The van der Waals surface area contributed by atoms with Crippen LogP contribution in [0.3, 0.4) is 0 Å². The fourth-order valence-electron chi connectivity index (χ4n) is 2.39. The van der Waals surface area contributed by atoms with Crippen LogP contribution in [0.15, 0.2) is 60.7 Å². The zero-order valence-corrected chi connectivity index (χ0v) is 16.2. The Morgan fingerprint density at radius 3 is 2.21 bits per heavy atom. The van der Waals surface area contributed by atoms with E-state index in [0.29, 0.717) is 0 Å². The maximum atomic E-state index is 12.2. The standard InChI is InChI=1S/C20H22N2O5S/c1-26-19(24)17(18(28)15-10-6-3-7-11-15)22-16(23)12-21-20(25)27-13-14-8-4-2-5-9-14/h2-11,17-18,28H,12-13H2,1H3,(H,21,25)(H,22,23)/t17-,18+/m0/s1. The smallest absolute Gasteiger partial charge is 0.407 e. The number of hydrogen-bond donors (Lipinski definition) is 3. The molecular weight excluding hydrogens is 380 g/mol. The molecule has 2 aromatic carbocycles. The lowest BCUT2D eigenvalue weighted by Gasteiger charge is -2.22. The van der Waals surface area contributed by atoms with Crippen LogP contribution in [0.5, 0.6) is 0 Å². The highest BCUT2D eigenvalue weighted by Gasteiger charge is 2.29. The van der Waals surface area contributed by atoms with Crippen molar-refractivity contribution in [3.05, 3.63) is 71.8 Å². The van der Waals surface area contributed by atoms with Gasteiger partial charge in [-0.05, 0) is 11.1 Å². The van der Waals surface area contributed by atoms with Gasteiger partial charge < -0.3 is 20.1 Å². The number of alkyl carbamates (subject to hydrolysis) is 1. The molecule has 2 rings (SSSR count). The highest BCUT2D eigenvalue weighted by atomic mass is 32.1. The largest absolute Gasteiger partial charge is 0.467 e. The van der Waals surface area contributed by atoms with Crippen LogP contribution in [0.1, 0.15) is 16.4 Å². The Kier molecular flexibility index (Phi) is 8.36. The molecule has 8 heteroatoms. The van der Waals surface area contributed by atoms with E-state index in [4.69, 9.17) is 9.47 Å². The number of thiol groups is 1. The van der Waals surface area contributed by atoms with Crippen molar-refractivity contribution in [2.24, 2.45) is 0 Å². The SMILES string of the molecule is COC(=O)[C@@H](NC(=O)CNC(=O)OCc1ccccc1)[C@H](S)c1ccccc1. The summed E-state index contributed by atoms with van der Waals surface area (Å²) in [4.78, 5) is 36.0. The normalized spacial score (nSPS) is 12.4. The van der Waals surface area contributed by atoms with Gasteiger partial charge in [0.15, 0.2) is 0 Å². The third-order valence-electron chi connectivity index (χ3n) is 3.83. The average molecular weight is 402 g/mol. The molecule has 0 fully saturated rings. The Hall–Kier alpha value is -3.00. The molecule has 0 saturated heterocycles. The third kappa shape index (κ3) is 6.62. The van der Waals surface area contributed by atoms with Crippen molar-refractivity contribution < 1.29 is 23.9 Å². The van der Waals surface area contributed by atoms with Gasteiger partial charge in [-0.15, -0.1) is 0 Å². The number of carbonyl (C=O) groups excluding carboxylic acids is 3. The van der Waals surface area contributed by atoms with Crippen LogP contribution in [0, 0.1) is 0 Å². The van der Waals surface area contributed by atoms with Crippen molar-refractivity contribution in [3.63, 3.8) is 0 Å². The first-order valence-electron chi connectivity index (χ1n) is 8.56. The molecule has 7 nitrogen and oxygen atoms in total. The van der Waals surface area contributed by atoms with Gasteiger partial charge in [-0.3, -0.25) is 4.79 Å². The lowest BCUT2D eigenvalue weighted by molar-refractivity contribution is -0.145. The van der Waals surface area contributed by atoms with Crippen LogP contribution < -0.4 is 10.6 Å². The molecule has 0 radical (unpaired) electrons. The van der Waals surface area contributed by atoms with E-state index < -0.39 is 29.3 Å². The number of ether oxygens (including phenoxy) is 2. The number of amides is 2. The van der Waals surface area contributed by atoms with Gasteiger partial charge >= 0.3 is 12.1 Å². The van der Waals surface area contributed by atoms with E-state index >= 15 is 0 Å². The molecule has 0 spiro atoms. The van der Waals surface area contributed by atoms with Gasteiger partial charge in [0, 0.05) is 0 Å². The van der Waals surface area contributed by atoms with Crippen LogP contribution in [-0.2, 0) is 25.7 Å². The van der Waals surface area contributed by atoms with Gasteiger partial charge in [-0.25, -0.2) is 9.59 Å². The molecule has 0 aliphatic rings.